The quantitative estimate of drug-likeness (QED) is 0.275. The Morgan fingerprint density at radius 2 is 1.66 bits per heavy atom. The molecule has 7 heteroatoms. The maximum absolute atomic E-state index is 13.7. The van der Waals surface area contributed by atoms with Crippen LogP contribution in [0.2, 0.25) is 5.02 Å². The molecule has 0 unspecified atom stereocenters. The van der Waals surface area contributed by atoms with E-state index in [1.54, 1.807) is 11.0 Å². The normalized spacial score (nSPS) is 12.2. The smallest absolute Gasteiger partial charge is 0.261 e. The fraction of sp³-hybridized carbons (Fsp3) is 0.355. The molecule has 3 rings (SSSR count). The molecule has 0 heterocycles. The number of nitrogens with zero attached hydrogens (tertiary/aromatic N) is 1. The molecule has 0 bridgehead atoms. The van der Waals surface area contributed by atoms with Gasteiger partial charge in [-0.3, -0.25) is 9.59 Å². The van der Waals surface area contributed by atoms with Gasteiger partial charge in [0.15, 0.2) is 6.61 Å². The number of ether oxygens (including phenoxy) is 1. The van der Waals surface area contributed by atoms with Crippen LogP contribution in [0.3, 0.4) is 0 Å². The third kappa shape index (κ3) is 8.60. The molecule has 3 aromatic rings. The van der Waals surface area contributed by atoms with Crippen LogP contribution in [0.4, 0.5) is 0 Å². The van der Waals surface area contributed by atoms with Gasteiger partial charge in [-0.1, -0.05) is 80.9 Å². The summed E-state index contributed by atoms with van der Waals surface area (Å²) in [5.41, 5.74) is 2.93. The fourth-order valence-electron chi connectivity index (χ4n) is 4.07. The molecule has 0 aliphatic carbocycles. The zero-order chi connectivity index (χ0) is 27.9. The number of carbonyl (C=O) groups is 2. The highest BCUT2D eigenvalue weighted by molar-refractivity contribution is 9.10. The maximum Gasteiger partial charge on any atom is 0.261 e. The van der Waals surface area contributed by atoms with Gasteiger partial charge in [-0.2, -0.15) is 0 Å². The van der Waals surface area contributed by atoms with Crippen molar-refractivity contribution in [3.63, 3.8) is 0 Å². The average Bonchev–Trinajstić information content (AvgIpc) is 2.85. The third-order valence-corrected chi connectivity index (χ3v) is 6.95. The number of hydrogen-bond donors (Lipinski definition) is 1. The lowest BCUT2D eigenvalue weighted by Gasteiger charge is -2.32. The first-order chi connectivity index (χ1) is 17.9. The molecule has 0 saturated heterocycles. The van der Waals surface area contributed by atoms with Crippen molar-refractivity contribution in [1.29, 1.82) is 0 Å². The van der Waals surface area contributed by atoms with Crippen molar-refractivity contribution in [2.45, 2.75) is 65.1 Å². The van der Waals surface area contributed by atoms with Crippen molar-refractivity contribution in [3.05, 3.63) is 99.0 Å². The second-order valence-electron chi connectivity index (χ2n) is 10.7. The topological polar surface area (TPSA) is 58.6 Å². The van der Waals surface area contributed by atoms with E-state index in [0.29, 0.717) is 17.2 Å². The first-order valence-corrected chi connectivity index (χ1v) is 13.9. The molecule has 0 spiro atoms. The summed E-state index contributed by atoms with van der Waals surface area (Å²) < 4.78 is 6.75. The number of halogens is 2. The van der Waals surface area contributed by atoms with E-state index in [2.05, 4.69) is 42.0 Å². The van der Waals surface area contributed by atoms with Crippen LogP contribution in [-0.4, -0.2) is 35.4 Å². The summed E-state index contributed by atoms with van der Waals surface area (Å²) in [6.45, 7) is 10.2. The molecule has 0 fully saturated rings. The molecule has 1 atom stereocenters. The Labute approximate surface area is 239 Å². The van der Waals surface area contributed by atoms with Gasteiger partial charge in [0.1, 0.15) is 11.8 Å². The van der Waals surface area contributed by atoms with Gasteiger partial charge in [-0.25, -0.2) is 0 Å². The number of hydrogen-bond acceptors (Lipinski definition) is 3. The summed E-state index contributed by atoms with van der Waals surface area (Å²) >= 11 is 9.82. The number of rotatable bonds is 10. The van der Waals surface area contributed by atoms with Crippen LogP contribution in [0, 0.1) is 0 Å². The summed E-state index contributed by atoms with van der Waals surface area (Å²) in [7, 11) is 0. The number of carbonyl (C=O) groups excluding carboxylic acids is 2. The minimum Gasteiger partial charge on any atom is -0.483 e. The summed E-state index contributed by atoms with van der Waals surface area (Å²) in [5, 5.41) is 3.56. The lowest BCUT2D eigenvalue weighted by Crippen LogP contribution is -2.52. The molecule has 0 aliphatic heterocycles. The average molecular weight is 600 g/mol. The van der Waals surface area contributed by atoms with Crippen molar-refractivity contribution in [2.24, 2.45) is 0 Å². The number of amides is 2. The minimum absolute atomic E-state index is 0.0148. The van der Waals surface area contributed by atoms with Crippen LogP contribution in [-0.2, 0) is 28.0 Å². The lowest BCUT2D eigenvalue weighted by molar-refractivity contribution is -0.143. The van der Waals surface area contributed by atoms with Crippen molar-refractivity contribution < 1.29 is 14.3 Å². The van der Waals surface area contributed by atoms with E-state index in [1.807, 2.05) is 80.6 Å². The zero-order valence-electron chi connectivity index (χ0n) is 22.6. The molecule has 202 valence electrons. The van der Waals surface area contributed by atoms with Gasteiger partial charge in [-0.15, -0.1) is 0 Å². The molecular formula is C31H36BrClN2O3. The molecule has 0 aliphatic rings. The van der Waals surface area contributed by atoms with Crippen molar-refractivity contribution in [1.82, 2.24) is 10.2 Å². The van der Waals surface area contributed by atoms with E-state index < -0.39 is 6.04 Å². The highest BCUT2D eigenvalue weighted by Gasteiger charge is 2.31. The SMILES string of the molecule is CC(C)NC(=O)[C@H](Cc1ccccc1)N(Cc1cccc(Cl)c1)C(=O)COc1ccc(C(C)(C)C)cc1Br. The largest absolute Gasteiger partial charge is 0.483 e. The van der Waals surface area contributed by atoms with Gasteiger partial charge in [-0.05, 0) is 76.1 Å². The fourth-order valence-corrected chi connectivity index (χ4v) is 4.78. The molecule has 1 N–H and O–H groups in total. The minimum atomic E-state index is -0.735. The van der Waals surface area contributed by atoms with Crippen molar-refractivity contribution in [2.75, 3.05) is 6.61 Å². The number of nitrogens with one attached hydrogen (secondary N) is 1. The van der Waals surface area contributed by atoms with Crippen molar-refractivity contribution >= 4 is 39.3 Å². The molecule has 0 saturated carbocycles. The number of benzene rings is 3. The Kier molecular flexibility index (Phi) is 10.4. The van der Waals surface area contributed by atoms with Crippen LogP contribution in [0.15, 0.2) is 77.3 Å². The van der Waals surface area contributed by atoms with Gasteiger partial charge in [0.25, 0.3) is 5.91 Å². The monoisotopic (exact) mass is 598 g/mol. The Hall–Kier alpha value is -2.83. The van der Waals surface area contributed by atoms with E-state index >= 15 is 0 Å². The second kappa shape index (κ2) is 13.3. The summed E-state index contributed by atoms with van der Waals surface area (Å²) in [6.07, 6.45) is 0.371. The van der Waals surface area contributed by atoms with Gasteiger partial charge in [0, 0.05) is 24.0 Å². The van der Waals surface area contributed by atoms with Crippen LogP contribution >= 0.6 is 27.5 Å². The van der Waals surface area contributed by atoms with Crippen LogP contribution in [0.25, 0.3) is 0 Å². The van der Waals surface area contributed by atoms with E-state index in [-0.39, 0.29) is 36.4 Å². The summed E-state index contributed by atoms with van der Waals surface area (Å²) in [5.74, 6) is 0.0619. The molecule has 38 heavy (non-hydrogen) atoms. The lowest BCUT2D eigenvalue weighted by atomic mass is 9.87. The summed E-state index contributed by atoms with van der Waals surface area (Å²) in [6, 6.07) is 22.1. The maximum atomic E-state index is 13.7. The van der Waals surface area contributed by atoms with E-state index in [4.69, 9.17) is 16.3 Å². The van der Waals surface area contributed by atoms with E-state index in [0.717, 1.165) is 21.2 Å². The van der Waals surface area contributed by atoms with Gasteiger partial charge in [0.2, 0.25) is 5.91 Å². The molecule has 3 aromatic carbocycles. The van der Waals surface area contributed by atoms with E-state index in [9.17, 15) is 9.59 Å². The van der Waals surface area contributed by atoms with Gasteiger partial charge < -0.3 is 15.0 Å². The Morgan fingerprint density at radius 3 is 2.26 bits per heavy atom. The highest BCUT2D eigenvalue weighted by Crippen LogP contribution is 2.31. The molecular weight excluding hydrogens is 564 g/mol. The third-order valence-electron chi connectivity index (χ3n) is 6.09. The first kappa shape index (κ1) is 29.7. The zero-order valence-corrected chi connectivity index (χ0v) is 25.0. The predicted octanol–water partition coefficient (Wildman–Crippen LogP) is 6.94. The van der Waals surface area contributed by atoms with Crippen LogP contribution < -0.4 is 10.1 Å². The van der Waals surface area contributed by atoms with Crippen molar-refractivity contribution in [3.8, 4) is 5.75 Å². The van der Waals surface area contributed by atoms with Gasteiger partial charge >= 0.3 is 0 Å². The molecule has 5 nitrogen and oxygen atoms in total. The second-order valence-corrected chi connectivity index (χ2v) is 12.0. The van der Waals surface area contributed by atoms with Gasteiger partial charge in [0.05, 0.1) is 4.47 Å². The highest BCUT2D eigenvalue weighted by atomic mass is 79.9. The Morgan fingerprint density at radius 1 is 0.974 bits per heavy atom. The van der Waals surface area contributed by atoms with E-state index in [1.165, 1.54) is 0 Å². The first-order valence-electron chi connectivity index (χ1n) is 12.7. The van der Waals surface area contributed by atoms with Crippen LogP contribution in [0.5, 0.6) is 5.75 Å². The standard InChI is InChI=1S/C31H36BrClN2O3/c1-21(2)34-30(37)27(17-22-10-7-6-8-11-22)35(19-23-12-9-13-25(33)16-23)29(36)20-38-28-15-14-24(18-26(28)32)31(3,4)5/h6-16,18,21,27H,17,19-20H2,1-5H3,(H,34,37)/t27-/m0/s1. The molecule has 0 radical (unpaired) electrons. The predicted molar refractivity (Wildman–Crippen MR) is 158 cm³/mol. The summed E-state index contributed by atoms with van der Waals surface area (Å²) in [4.78, 5) is 28.8. The molecule has 2 amide bonds. The molecule has 0 aromatic heterocycles. The van der Waals surface area contributed by atoms with Crippen LogP contribution in [0.1, 0.15) is 51.3 Å². The Balaban J connectivity index is 1.91. The Bertz CT molecular complexity index is 1240.